The molecule has 0 radical (unpaired) electrons. The fraction of sp³-hybridized carbons (Fsp3) is 0.296. The predicted molar refractivity (Wildman–Crippen MR) is 133 cm³/mol. The standard InChI is InChI=1S/C27H25N7O2/c28-12-21-25(18-10-19-7-8-20(11-18)33(19)24(36)15-35)32-27-22(14-31-34(27)26(21)29)17-6-9-23(30-13-17)16-4-2-1-3-5-16/h1-6,9,13-14,18-20,35H,7-8,10-11,15,29H2. The van der Waals surface area contributed by atoms with Gasteiger partial charge in [0.2, 0.25) is 5.91 Å². The highest BCUT2D eigenvalue weighted by atomic mass is 16.3. The van der Waals surface area contributed by atoms with Crippen LogP contribution in [-0.2, 0) is 4.79 Å². The number of nitrogens with zero attached hydrogens (tertiary/aromatic N) is 6. The third kappa shape index (κ3) is 3.49. The molecular weight excluding hydrogens is 454 g/mol. The number of carbonyl (C=O) groups excluding carboxylic acids is 1. The highest BCUT2D eigenvalue weighted by Crippen LogP contribution is 2.44. The smallest absolute Gasteiger partial charge is 0.248 e. The topological polar surface area (TPSA) is 133 Å². The summed E-state index contributed by atoms with van der Waals surface area (Å²) in [6.07, 6.45) is 6.67. The lowest BCUT2D eigenvalue weighted by molar-refractivity contribution is -0.138. The molecule has 5 heterocycles. The quantitative estimate of drug-likeness (QED) is 0.459. The molecule has 3 N–H and O–H groups in total. The first-order chi connectivity index (χ1) is 17.6. The molecule has 2 bridgehead atoms. The van der Waals surface area contributed by atoms with Gasteiger partial charge in [0.25, 0.3) is 0 Å². The molecule has 2 unspecified atom stereocenters. The SMILES string of the molecule is N#Cc1c(C2CC3CCC(C2)N3C(=O)CO)nc2c(-c3ccc(-c4ccccc4)nc3)cnn2c1N. The number of amides is 1. The van der Waals surface area contributed by atoms with Crippen LogP contribution in [-0.4, -0.2) is 54.2 Å². The van der Waals surface area contributed by atoms with Crippen LogP contribution in [0.2, 0.25) is 0 Å². The van der Waals surface area contributed by atoms with E-state index < -0.39 is 6.61 Å². The Morgan fingerprint density at radius 2 is 1.83 bits per heavy atom. The number of pyridine rings is 1. The van der Waals surface area contributed by atoms with E-state index in [0.717, 1.165) is 35.2 Å². The van der Waals surface area contributed by atoms with Crippen molar-refractivity contribution in [1.29, 1.82) is 5.26 Å². The number of nitrogens with two attached hydrogens (primary N) is 1. The van der Waals surface area contributed by atoms with E-state index in [9.17, 15) is 15.2 Å². The number of aromatic nitrogens is 4. The number of nitriles is 1. The first kappa shape index (κ1) is 22.2. The van der Waals surface area contributed by atoms with E-state index in [4.69, 9.17) is 10.7 Å². The maximum atomic E-state index is 12.3. The van der Waals surface area contributed by atoms with E-state index in [0.29, 0.717) is 29.7 Å². The van der Waals surface area contributed by atoms with Crippen LogP contribution in [0.1, 0.15) is 42.9 Å². The number of hydrogen-bond acceptors (Lipinski definition) is 7. The van der Waals surface area contributed by atoms with Gasteiger partial charge in [0.05, 0.1) is 17.6 Å². The molecule has 0 aliphatic carbocycles. The highest BCUT2D eigenvalue weighted by Gasteiger charge is 2.44. The van der Waals surface area contributed by atoms with Gasteiger partial charge in [0, 0.05) is 40.9 Å². The van der Waals surface area contributed by atoms with Crippen molar-refractivity contribution in [2.45, 2.75) is 43.7 Å². The Labute approximate surface area is 207 Å². The molecule has 1 amide bonds. The fourth-order valence-corrected chi connectivity index (χ4v) is 5.87. The molecule has 0 spiro atoms. The van der Waals surface area contributed by atoms with E-state index in [1.54, 1.807) is 12.4 Å². The van der Waals surface area contributed by atoms with E-state index in [2.05, 4.69) is 16.2 Å². The zero-order valence-corrected chi connectivity index (χ0v) is 19.6. The minimum absolute atomic E-state index is 0.00600. The van der Waals surface area contributed by atoms with E-state index in [1.807, 2.05) is 47.4 Å². The molecule has 2 atom stereocenters. The first-order valence-electron chi connectivity index (χ1n) is 12.1. The third-order valence-electron chi connectivity index (χ3n) is 7.51. The van der Waals surface area contributed by atoms with Crippen LogP contribution in [0.3, 0.4) is 0 Å². The molecule has 3 aromatic heterocycles. The van der Waals surface area contributed by atoms with Crippen molar-refractivity contribution >= 4 is 17.4 Å². The molecule has 9 nitrogen and oxygen atoms in total. The summed E-state index contributed by atoms with van der Waals surface area (Å²) in [5.41, 5.74) is 11.6. The zero-order valence-electron chi connectivity index (χ0n) is 19.6. The molecule has 4 aromatic rings. The van der Waals surface area contributed by atoms with Gasteiger partial charge in [-0.3, -0.25) is 9.78 Å². The number of piperidine rings is 1. The number of anilines is 1. The Morgan fingerprint density at radius 1 is 1.08 bits per heavy atom. The predicted octanol–water partition coefficient (Wildman–Crippen LogP) is 3.14. The van der Waals surface area contributed by atoms with E-state index >= 15 is 0 Å². The van der Waals surface area contributed by atoms with Gasteiger partial charge < -0.3 is 15.7 Å². The summed E-state index contributed by atoms with van der Waals surface area (Å²) >= 11 is 0. The molecular formula is C27H25N7O2. The van der Waals surface area contributed by atoms with E-state index in [-0.39, 0.29) is 29.7 Å². The van der Waals surface area contributed by atoms with Gasteiger partial charge in [0.15, 0.2) is 5.65 Å². The number of aliphatic hydroxyl groups excluding tert-OH is 1. The largest absolute Gasteiger partial charge is 0.387 e. The summed E-state index contributed by atoms with van der Waals surface area (Å²) in [6.45, 7) is -0.478. The molecule has 36 heavy (non-hydrogen) atoms. The van der Waals surface area contributed by atoms with Crippen LogP contribution in [0.4, 0.5) is 5.82 Å². The summed E-state index contributed by atoms with van der Waals surface area (Å²) in [5.74, 6) is 0.0289. The van der Waals surface area contributed by atoms with Crippen LogP contribution >= 0.6 is 0 Å². The number of nitrogen functional groups attached to an aromatic ring is 1. The van der Waals surface area contributed by atoms with Gasteiger partial charge >= 0.3 is 0 Å². The minimum atomic E-state index is -0.478. The molecule has 2 aliphatic rings. The number of aliphatic hydroxyl groups is 1. The van der Waals surface area contributed by atoms with Gasteiger partial charge in [-0.1, -0.05) is 36.4 Å². The van der Waals surface area contributed by atoms with Crippen molar-refractivity contribution in [3.05, 3.63) is 66.1 Å². The average molecular weight is 480 g/mol. The Morgan fingerprint density at radius 3 is 2.47 bits per heavy atom. The van der Waals surface area contributed by atoms with Crippen LogP contribution in [0.15, 0.2) is 54.9 Å². The lowest BCUT2D eigenvalue weighted by atomic mass is 9.86. The molecule has 2 aliphatic heterocycles. The van der Waals surface area contributed by atoms with E-state index in [1.165, 1.54) is 4.52 Å². The van der Waals surface area contributed by atoms with Gasteiger partial charge in [-0.25, -0.2) is 4.98 Å². The molecule has 6 rings (SSSR count). The molecule has 9 heteroatoms. The Kier molecular flexibility index (Phi) is 5.38. The second-order valence-electron chi connectivity index (χ2n) is 9.47. The number of carbonyl (C=O) groups is 1. The Bertz CT molecular complexity index is 1480. The second kappa shape index (κ2) is 8.73. The zero-order chi connectivity index (χ0) is 24.8. The Balaban J connectivity index is 1.39. The van der Waals surface area contributed by atoms with Crippen LogP contribution in [0.5, 0.6) is 0 Å². The number of hydrogen-bond donors (Lipinski definition) is 2. The second-order valence-corrected chi connectivity index (χ2v) is 9.47. The fourth-order valence-electron chi connectivity index (χ4n) is 5.87. The summed E-state index contributed by atoms with van der Waals surface area (Å²) < 4.78 is 1.52. The summed E-state index contributed by atoms with van der Waals surface area (Å²) in [7, 11) is 0. The van der Waals surface area contributed by atoms with Crippen molar-refractivity contribution in [1.82, 2.24) is 24.5 Å². The monoisotopic (exact) mass is 479 g/mol. The van der Waals surface area contributed by atoms with Crippen LogP contribution < -0.4 is 5.73 Å². The van der Waals surface area contributed by atoms with Crippen molar-refractivity contribution < 1.29 is 9.90 Å². The van der Waals surface area contributed by atoms with Crippen molar-refractivity contribution in [2.24, 2.45) is 0 Å². The van der Waals surface area contributed by atoms with Crippen molar-refractivity contribution in [3.63, 3.8) is 0 Å². The van der Waals surface area contributed by atoms with Gasteiger partial charge in [-0.15, -0.1) is 0 Å². The minimum Gasteiger partial charge on any atom is -0.387 e. The molecule has 2 saturated heterocycles. The van der Waals surface area contributed by atoms with Crippen LogP contribution in [0.25, 0.3) is 28.0 Å². The molecule has 180 valence electrons. The molecule has 2 fully saturated rings. The first-order valence-corrected chi connectivity index (χ1v) is 12.1. The summed E-state index contributed by atoms with van der Waals surface area (Å²) in [4.78, 5) is 23.7. The van der Waals surface area contributed by atoms with Crippen molar-refractivity contribution in [3.8, 4) is 28.5 Å². The number of benzene rings is 1. The Hall–Kier alpha value is -4.29. The van der Waals surface area contributed by atoms with Gasteiger partial charge in [-0.05, 0) is 31.7 Å². The third-order valence-corrected chi connectivity index (χ3v) is 7.51. The lowest BCUT2D eigenvalue weighted by Crippen LogP contribution is -2.47. The molecule has 1 aromatic carbocycles. The normalized spacial score (nSPS) is 21.0. The summed E-state index contributed by atoms with van der Waals surface area (Å²) in [6, 6.07) is 16.2. The summed E-state index contributed by atoms with van der Waals surface area (Å²) in [5, 5.41) is 23.8. The number of fused-ring (bicyclic) bond motifs is 3. The van der Waals surface area contributed by atoms with Gasteiger partial charge in [-0.2, -0.15) is 14.9 Å². The lowest BCUT2D eigenvalue weighted by Gasteiger charge is -2.38. The number of rotatable bonds is 4. The maximum absolute atomic E-state index is 12.3. The highest BCUT2D eigenvalue weighted by molar-refractivity contribution is 5.80. The molecule has 0 saturated carbocycles. The van der Waals surface area contributed by atoms with Crippen molar-refractivity contribution in [2.75, 3.05) is 12.3 Å². The van der Waals surface area contributed by atoms with Gasteiger partial charge in [0.1, 0.15) is 24.1 Å². The van der Waals surface area contributed by atoms with Crippen LogP contribution in [0, 0.1) is 11.3 Å². The average Bonchev–Trinajstić information content (AvgIpc) is 3.47. The maximum Gasteiger partial charge on any atom is 0.248 e.